The molecule has 0 unspecified atom stereocenters. The molecule has 1 N–H and O–H groups in total. The van der Waals surface area contributed by atoms with Crippen molar-refractivity contribution in [3.63, 3.8) is 0 Å². The Kier molecular flexibility index (Phi) is 6.67. The highest BCUT2D eigenvalue weighted by molar-refractivity contribution is 6.07. The van der Waals surface area contributed by atoms with Gasteiger partial charge in [0.1, 0.15) is 5.70 Å². The molecule has 0 atom stereocenters. The van der Waals surface area contributed by atoms with Crippen molar-refractivity contribution in [2.45, 2.75) is 6.92 Å². The summed E-state index contributed by atoms with van der Waals surface area (Å²) in [7, 11) is 2.46. The predicted molar refractivity (Wildman–Crippen MR) is 117 cm³/mol. The molecule has 0 spiro atoms. The van der Waals surface area contributed by atoms with Gasteiger partial charge in [-0.25, -0.2) is 9.59 Å². The molecule has 31 heavy (non-hydrogen) atoms. The van der Waals surface area contributed by atoms with E-state index in [0.717, 1.165) is 5.56 Å². The summed E-state index contributed by atoms with van der Waals surface area (Å²) in [5.74, 6) is -1.70. The molecule has 158 valence electrons. The van der Waals surface area contributed by atoms with Gasteiger partial charge in [0.25, 0.3) is 5.91 Å². The number of carbonyl (C=O) groups is 3. The highest BCUT2D eigenvalue weighted by Gasteiger charge is 2.27. The molecule has 0 aromatic heterocycles. The molecule has 2 aromatic rings. The lowest BCUT2D eigenvalue weighted by Crippen LogP contribution is -2.27. The van der Waals surface area contributed by atoms with E-state index in [1.165, 1.54) is 25.2 Å². The molecule has 7 heteroatoms. The van der Waals surface area contributed by atoms with Crippen LogP contribution in [0.5, 0.6) is 0 Å². The highest BCUT2D eigenvalue weighted by atomic mass is 16.5. The van der Waals surface area contributed by atoms with E-state index >= 15 is 0 Å². The number of methoxy groups -OCH3 is 2. The molecule has 0 saturated heterocycles. The molecule has 0 aliphatic carbocycles. The van der Waals surface area contributed by atoms with Gasteiger partial charge >= 0.3 is 11.9 Å². The Labute approximate surface area is 180 Å². The molecule has 2 aromatic carbocycles. The van der Waals surface area contributed by atoms with Crippen LogP contribution in [-0.2, 0) is 19.1 Å². The SMILES string of the molecule is COC(=O)C1=C(C(=O)OC)N(c2cccc(C(=O)Nc3ccc(C)cc3)c2)C=CC=C1. The Hall–Kier alpha value is -4.13. The average Bonchev–Trinajstić information content (AvgIpc) is 3.02. The molecule has 0 bridgehead atoms. The number of nitrogens with one attached hydrogen (secondary N) is 1. The number of ether oxygens (including phenoxy) is 2. The maximum absolute atomic E-state index is 12.8. The number of rotatable bonds is 5. The normalized spacial score (nSPS) is 12.9. The van der Waals surface area contributed by atoms with Gasteiger partial charge in [0, 0.05) is 23.1 Å². The Balaban J connectivity index is 1.99. The van der Waals surface area contributed by atoms with Crippen LogP contribution < -0.4 is 10.2 Å². The first kappa shape index (κ1) is 21.6. The lowest BCUT2D eigenvalue weighted by molar-refractivity contribution is -0.139. The van der Waals surface area contributed by atoms with Crippen LogP contribution in [0.15, 0.2) is 84.2 Å². The third-order valence-corrected chi connectivity index (χ3v) is 4.59. The van der Waals surface area contributed by atoms with Crippen molar-refractivity contribution in [1.29, 1.82) is 0 Å². The molecule has 3 rings (SSSR count). The fourth-order valence-electron chi connectivity index (χ4n) is 3.00. The van der Waals surface area contributed by atoms with Crippen molar-refractivity contribution in [1.82, 2.24) is 0 Å². The molecule has 0 fully saturated rings. The summed E-state index contributed by atoms with van der Waals surface area (Å²) in [4.78, 5) is 39.1. The van der Waals surface area contributed by atoms with E-state index in [1.807, 2.05) is 31.2 Å². The number of aryl methyl sites for hydroxylation is 1. The molecule has 0 radical (unpaired) electrons. The Morgan fingerprint density at radius 1 is 0.903 bits per heavy atom. The van der Waals surface area contributed by atoms with E-state index in [9.17, 15) is 14.4 Å². The standard InChI is InChI=1S/C24H22N2O5/c1-16-10-12-18(13-11-16)25-22(27)17-7-6-8-19(15-17)26-14-5-4-9-20(23(28)30-2)21(26)24(29)31-3/h4-15H,1-3H3,(H,25,27). The van der Waals surface area contributed by atoms with Crippen LogP contribution in [0.25, 0.3) is 0 Å². The Morgan fingerprint density at radius 3 is 2.29 bits per heavy atom. The summed E-state index contributed by atoms with van der Waals surface area (Å²) in [5.41, 5.74) is 2.66. The van der Waals surface area contributed by atoms with Crippen LogP contribution in [-0.4, -0.2) is 32.1 Å². The minimum atomic E-state index is -0.717. The van der Waals surface area contributed by atoms with Gasteiger partial charge in [0.05, 0.1) is 19.8 Å². The van der Waals surface area contributed by atoms with Gasteiger partial charge in [-0.05, 0) is 49.4 Å². The summed E-state index contributed by atoms with van der Waals surface area (Å²) in [6.45, 7) is 1.97. The quantitative estimate of drug-likeness (QED) is 0.745. The third-order valence-electron chi connectivity index (χ3n) is 4.59. The van der Waals surface area contributed by atoms with Crippen LogP contribution in [0.1, 0.15) is 15.9 Å². The number of hydrogen-bond acceptors (Lipinski definition) is 6. The Bertz CT molecular complexity index is 1100. The molecule has 7 nitrogen and oxygen atoms in total. The summed E-state index contributed by atoms with van der Waals surface area (Å²) >= 11 is 0. The second-order valence-electron chi connectivity index (χ2n) is 6.69. The second kappa shape index (κ2) is 9.58. The largest absolute Gasteiger partial charge is 0.465 e. The summed E-state index contributed by atoms with van der Waals surface area (Å²) < 4.78 is 9.71. The van der Waals surface area contributed by atoms with E-state index in [4.69, 9.17) is 9.47 Å². The summed E-state index contributed by atoms with van der Waals surface area (Å²) in [6, 6.07) is 14.1. The topological polar surface area (TPSA) is 84.9 Å². The number of amides is 1. The van der Waals surface area contributed by atoms with Gasteiger partial charge in [-0.15, -0.1) is 0 Å². The van der Waals surface area contributed by atoms with Crippen LogP contribution in [0.2, 0.25) is 0 Å². The number of nitrogens with zero attached hydrogens (tertiary/aromatic N) is 1. The van der Waals surface area contributed by atoms with Crippen molar-refractivity contribution < 1.29 is 23.9 Å². The van der Waals surface area contributed by atoms with Gasteiger partial charge in [-0.3, -0.25) is 4.79 Å². The predicted octanol–water partition coefficient (Wildman–Crippen LogP) is 3.74. The van der Waals surface area contributed by atoms with Gasteiger partial charge < -0.3 is 19.7 Å². The Morgan fingerprint density at radius 2 is 1.61 bits per heavy atom. The van der Waals surface area contributed by atoms with Crippen LogP contribution in [0, 0.1) is 6.92 Å². The summed E-state index contributed by atoms with van der Waals surface area (Å²) in [6.07, 6.45) is 6.36. The zero-order valence-corrected chi connectivity index (χ0v) is 17.4. The number of carbonyl (C=O) groups excluding carboxylic acids is 3. The molecule has 1 heterocycles. The fourth-order valence-corrected chi connectivity index (χ4v) is 3.00. The van der Waals surface area contributed by atoms with Crippen molar-refractivity contribution in [3.05, 3.63) is 95.4 Å². The monoisotopic (exact) mass is 418 g/mol. The van der Waals surface area contributed by atoms with Crippen LogP contribution >= 0.6 is 0 Å². The molecule has 1 amide bonds. The van der Waals surface area contributed by atoms with Crippen LogP contribution in [0.4, 0.5) is 11.4 Å². The van der Waals surface area contributed by atoms with E-state index in [-0.39, 0.29) is 17.2 Å². The smallest absolute Gasteiger partial charge is 0.355 e. The molecular weight excluding hydrogens is 396 g/mol. The zero-order chi connectivity index (χ0) is 22.4. The number of benzene rings is 2. The van der Waals surface area contributed by atoms with Crippen molar-refractivity contribution >= 4 is 29.2 Å². The minimum Gasteiger partial charge on any atom is -0.465 e. The van der Waals surface area contributed by atoms with Crippen molar-refractivity contribution in [2.24, 2.45) is 0 Å². The third kappa shape index (κ3) is 4.90. The first-order valence-corrected chi connectivity index (χ1v) is 9.47. The van der Waals surface area contributed by atoms with Crippen molar-refractivity contribution in [2.75, 3.05) is 24.4 Å². The lowest BCUT2D eigenvalue weighted by atomic mass is 10.1. The van der Waals surface area contributed by atoms with E-state index in [2.05, 4.69) is 5.32 Å². The molecule has 1 aliphatic heterocycles. The molecular formula is C24H22N2O5. The average molecular weight is 418 g/mol. The van der Waals surface area contributed by atoms with Crippen molar-refractivity contribution in [3.8, 4) is 0 Å². The molecule has 1 aliphatic rings. The van der Waals surface area contributed by atoms with Crippen LogP contribution in [0.3, 0.4) is 0 Å². The summed E-state index contributed by atoms with van der Waals surface area (Å²) in [5, 5.41) is 2.84. The first-order valence-electron chi connectivity index (χ1n) is 9.47. The minimum absolute atomic E-state index is 0.0181. The number of hydrogen-bond donors (Lipinski definition) is 1. The molecule has 0 saturated carbocycles. The maximum Gasteiger partial charge on any atom is 0.355 e. The van der Waals surface area contributed by atoms with E-state index < -0.39 is 11.9 Å². The van der Waals surface area contributed by atoms with E-state index in [0.29, 0.717) is 16.9 Å². The van der Waals surface area contributed by atoms with Gasteiger partial charge in [0.2, 0.25) is 0 Å². The van der Waals surface area contributed by atoms with Gasteiger partial charge in [-0.1, -0.05) is 29.8 Å². The number of anilines is 2. The number of esters is 2. The van der Waals surface area contributed by atoms with Gasteiger partial charge in [0.15, 0.2) is 0 Å². The first-order chi connectivity index (χ1) is 14.9. The fraction of sp³-hybridized carbons (Fsp3) is 0.125. The maximum atomic E-state index is 12.8. The van der Waals surface area contributed by atoms with Gasteiger partial charge in [-0.2, -0.15) is 0 Å². The second-order valence-corrected chi connectivity index (χ2v) is 6.69. The zero-order valence-electron chi connectivity index (χ0n) is 17.4. The van der Waals surface area contributed by atoms with E-state index in [1.54, 1.807) is 42.6 Å². The lowest BCUT2D eigenvalue weighted by Gasteiger charge is -2.23. The highest BCUT2D eigenvalue weighted by Crippen LogP contribution is 2.27. The number of allylic oxidation sites excluding steroid dienone is 2.